The first-order valence-corrected chi connectivity index (χ1v) is 7.48. The van der Waals surface area contributed by atoms with E-state index in [2.05, 4.69) is 0 Å². The van der Waals surface area contributed by atoms with Crippen LogP contribution in [0.2, 0.25) is 0 Å². The van der Waals surface area contributed by atoms with Crippen LogP contribution >= 0.6 is 0 Å². The zero-order valence-electron chi connectivity index (χ0n) is 12.9. The number of β-amino-alcohol motifs (C(OH)–C–C–N with tert-alkyl or cyclic N) is 1. The fraction of sp³-hybridized carbons (Fsp3) is 0.353. The Kier molecular flexibility index (Phi) is 4.13. The molecule has 1 aliphatic rings. The highest BCUT2D eigenvalue weighted by Gasteiger charge is 2.38. The Labute approximate surface area is 136 Å². The van der Waals surface area contributed by atoms with E-state index in [4.69, 9.17) is 4.42 Å². The Morgan fingerprint density at radius 3 is 2.67 bits per heavy atom. The van der Waals surface area contributed by atoms with Gasteiger partial charge in [-0.15, -0.1) is 0 Å². The van der Waals surface area contributed by atoms with Crippen LogP contribution in [-0.4, -0.2) is 28.6 Å². The van der Waals surface area contributed by atoms with Crippen molar-refractivity contribution in [2.24, 2.45) is 0 Å². The van der Waals surface area contributed by atoms with E-state index in [1.165, 1.54) is 23.1 Å². The Bertz CT molecular complexity index is 754. The van der Waals surface area contributed by atoms with Crippen LogP contribution < -0.4 is 0 Å². The van der Waals surface area contributed by atoms with Gasteiger partial charge in [0.05, 0.1) is 17.7 Å². The normalized spacial score (nSPS) is 21.3. The second-order valence-electron chi connectivity index (χ2n) is 5.90. The molecule has 1 saturated heterocycles. The third-order valence-electron chi connectivity index (χ3n) is 4.09. The average molecular weight is 339 g/mol. The molecule has 0 bridgehead atoms. The minimum Gasteiger partial charge on any atom is -0.456 e. The molecule has 2 heterocycles. The summed E-state index contributed by atoms with van der Waals surface area (Å²) in [6, 6.07) is 7.38. The van der Waals surface area contributed by atoms with Crippen LogP contribution in [0.1, 0.15) is 39.9 Å². The molecule has 1 N–H and O–H groups in total. The van der Waals surface area contributed by atoms with Crippen LogP contribution in [0, 0.1) is 6.92 Å². The van der Waals surface area contributed by atoms with Crippen molar-refractivity contribution in [3.8, 4) is 0 Å². The van der Waals surface area contributed by atoms with Crippen LogP contribution in [0.5, 0.6) is 0 Å². The van der Waals surface area contributed by atoms with Crippen LogP contribution in [0.25, 0.3) is 0 Å². The number of halogens is 3. The summed E-state index contributed by atoms with van der Waals surface area (Å²) >= 11 is 0. The van der Waals surface area contributed by atoms with Gasteiger partial charge in [0, 0.05) is 6.54 Å². The lowest BCUT2D eigenvalue weighted by molar-refractivity contribution is -0.137. The monoisotopic (exact) mass is 339 g/mol. The summed E-state index contributed by atoms with van der Waals surface area (Å²) in [6.45, 7) is 1.75. The molecule has 2 atom stereocenters. The Balaban J connectivity index is 1.92. The summed E-state index contributed by atoms with van der Waals surface area (Å²) < 4.78 is 44.0. The minimum absolute atomic E-state index is 0.0551. The molecule has 0 radical (unpaired) electrons. The van der Waals surface area contributed by atoms with Crippen molar-refractivity contribution < 1.29 is 27.5 Å². The van der Waals surface area contributed by atoms with Gasteiger partial charge >= 0.3 is 6.18 Å². The van der Waals surface area contributed by atoms with Gasteiger partial charge in [0.1, 0.15) is 5.76 Å². The lowest BCUT2D eigenvalue weighted by Gasteiger charge is -2.24. The number of alkyl halides is 3. The summed E-state index contributed by atoms with van der Waals surface area (Å²) in [4.78, 5) is 13.9. The van der Waals surface area contributed by atoms with Crippen molar-refractivity contribution in [1.82, 2.24) is 4.90 Å². The van der Waals surface area contributed by atoms with Crippen LogP contribution in [0.4, 0.5) is 13.2 Å². The molecule has 1 aromatic heterocycles. The molecular weight excluding hydrogens is 323 g/mol. The van der Waals surface area contributed by atoms with Crippen LogP contribution in [0.3, 0.4) is 0 Å². The van der Waals surface area contributed by atoms with Gasteiger partial charge in [0.15, 0.2) is 5.76 Å². The van der Waals surface area contributed by atoms with Crippen molar-refractivity contribution in [2.75, 3.05) is 6.54 Å². The van der Waals surface area contributed by atoms with E-state index in [1.54, 1.807) is 13.0 Å². The number of likely N-dealkylation sites (tertiary alicyclic amines) is 1. The number of aryl methyl sites for hydroxylation is 1. The van der Waals surface area contributed by atoms with E-state index in [1.807, 2.05) is 0 Å². The highest BCUT2D eigenvalue weighted by atomic mass is 19.4. The molecular formula is C17H16F3NO3. The molecule has 0 aliphatic carbocycles. The molecule has 2 unspecified atom stereocenters. The number of carbonyl (C=O) groups is 1. The maximum Gasteiger partial charge on any atom is 0.416 e. The summed E-state index contributed by atoms with van der Waals surface area (Å²) in [5.74, 6) is 0.231. The van der Waals surface area contributed by atoms with E-state index in [-0.39, 0.29) is 18.7 Å². The SMILES string of the molecule is Cc1ccc(C(=O)N2CC(O)CC2c2cccc(C(F)(F)F)c2)o1. The minimum atomic E-state index is -4.46. The number of aliphatic hydroxyl groups is 1. The standard InChI is InChI=1S/C17H16F3NO3/c1-10-5-6-15(24-10)16(23)21-9-13(22)8-14(21)11-3-2-4-12(7-11)17(18,19)20/h2-7,13-14,22H,8-9H2,1H3. The molecule has 1 fully saturated rings. The van der Waals surface area contributed by atoms with E-state index in [0.717, 1.165) is 12.1 Å². The molecule has 0 spiro atoms. The average Bonchev–Trinajstić information content (AvgIpc) is 3.12. The van der Waals surface area contributed by atoms with E-state index in [9.17, 15) is 23.1 Å². The first kappa shape index (κ1) is 16.6. The number of nitrogens with zero attached hydrogens (tertiary/aromatic N) is 1. The summed E-state index contributed by atoms with van der Waals surface area (Å²) in [5.41, 5.74) is -0.430. The highest BCUT2D eigenvalue weighted by Crippen LogP contribution is 2.37. The van der Waals surface area contributed by atoms with Crippen LogP contribution in [-0.2, 0) is 6.18 Å². The predicted molar refractivity (Wildman–Crippen MR) is 79.3 cm³/mol. The van der Waals surface area contributed by atoms with Gasteiger partial charge in [-0.3, -0.25) is 4.79 Å². The number of aliphatic hydroxyl groups excluding tert-OH is 1. The molecule has 128 valence electrons. The summed E-state index contributed by atoms with van der Waals surface area (Å²) in [7, 11) is 0. The summed E-state index contributed by atoms with van der Waals surface area (Å²) in [6.07, 6.45) is -5.06. The number of benzene rings is 1. The van der Waals surface area contributed by atoms with E-state index < -0.39 is 29.8 Å². The first-order chi connectivity index (χ1) is 11.3. The molecule has 7 heteroatoms. The third-order valence-corrected chi connectivity index (χ3v) is 4.09. The zero-order chi connectivity index (χ0) is 17.5. The van der Waals surface area contributed by atoms with Gasteiger partial charge in [-0.1, -0.05) is 12.1 Å². The van der Waals surface area contributed by atoms with Crippen molar-refractivity contribution in [2.45, 2.75) is 31.7 Å². The number of rotatable bonds is 2. The van der Waals surface area contributed by atoms with Gasteiger partial charge in [0.2, 0.25) is 0 Å². The molecule has 4 nitrogen and oxygen atoms in total. The number of hydrogen-bond acceptors (Lipinski definition) is 3. The van der Waals surface area contributed by atoms with Gasteiger partial charge in [-0.05, 0) is 43.2 Å². The maximum atomic E-state index is 12.9. The molecule has 3 rings (SSSR count). The van der Waals surface area contributed by atoms with Crippen molar-refractivity contribution in [1.29, 1.82) is 0 Å². The first-order valence-electron chi connectivity index (χ1n) is 7.48. The molecule has 1 aliphatic heterocycles. The highest BCUT2D eigenvalue weighted by molar-refractivity contribution is 5.92. The fourth-order valence-corrected chi connectivity index (χ4v) is 2.97. The van der Waals surface area contributed by atoms with Crippen molar-refractivity contribution >= 4 is 5.91 Å². The van der Waals surface area contributed by atoms with Crippen molar-refractivity contribution in [3.05, 3.63) is 59.0 Å². The fourth-order valence-electron chi connectivity index (χ4n) is 2.97. The number of carbonyl (C=O) groups excluding carboxylic acids is 1. The predicted octanol–water partition coefficient (Wildman–Crippen LogP) is 3.55. The lowest BCUT2D eigenvalue weighted by Crippen LogP contribution is -2.31. The largest absolute Gasteiger partial charge is 0.456 e. The Hall–Kier alpha value is -2.28. The summed E-state index contributed by atoms with van der Waals surface area (Å²) in [5, 5.41) is 9.91. The third kappa shape index (κ3) is 3.17. The second-order valence-corrected chi connectivity index (χ2v) is 5.90. The topological polar surface area (TPSA) is 53.7 Å². The van der Waals surface area contributed by atoms with Gasteiger partial charge in [0.25, 0.3) is 5.91 Å². The van der Waals surface area contributed by atoms with Crippen molar-refractivity contribution in [3.63, 3.8) is 0 Å². The van der Waals surface area contributed by atoms with Gasteiger partial charge < -0.3 is 14.4 Å². The Morgan fingerprint density at radius 1 is 1.29 bits per heavy atom. The van der Waals surface area contributed by atoms with E-state index in [0.29, 0.717) is 11.3 Å². The lowest BCUT2D eigenvalue weighted by atomic mass is 10.0. The quantitative estimate of drug-likeness (QED) is 0.910. The van der Waals surface area contributed by atoms with Crippen LogP contribution in [0.15, 0.2) is 40.8 Å². The molecule has 1 aromatic carbocycles. The Morgan fingerprint density at radius 2 is 2.04 bits per heavy atom. The number of hydrogen-bond donors (Lipinski definition) is 1. The second kappa shape index (κ2) is 5.98. The number of furan rings is 1. The van der Waals surface area contributed by atoms with Gasteiger partial charge in [-0.25, -0.2) is 0 Å². The maximum absolute atomic E-state index is 12.9. The van der Waals surface area contributed by atoms with Gasteiger partial charge in [-0.2, -0.15) is 13.2 Å². The van der Waals surface area contributed by atoms with E-state index >= 15 is 0 Å². The molecule has 2 aromatic rings. The molecule has 24 heavy (non-hydrogen) atoms. The molecule has 1 amide bonds. The number of amides is 1. The zero-order valence-corrected chi connectivity index (χ0v) is 12.9. The smallest absolute Gasteiger partial charge is 0.416 e. The molecule has 0 saturated carbocycles.